The lowest BCUT2D eigenvalue weighted by Crippen LogP contribution is -2.50. The maximum absolute atomic E-state index is 11.6. The summed E-state index contributed by atoms with van der Waals surface area (Å²) in [6.07, 6.45) is 4.01. The summed E-state index contributed by atoms with van der Waals surface area (Å²) < 4.78 is 10.8. The van der Waals surface area contributed by atoms with E-state index in [-0.39, 0.29) is 17.3 Å². The van der Waals surface area contributed by atoms with Gasteiger partial charge in [-0.25, -0.2) is 14.8 Å². The molecule has 1 fully saturated rings. The van der Waals surface area contributed by atoms with Gasteiger partial charge in [0.1, 0.15) is 11.7 Å². The van der Waals surface area contributed by atoms with Gasteiger partial charge in [-0.15, -0.1) is 0 Å². The van der Waals surface area contributed by atoms with Crippen molar-refractivity contribution in [2.24, 2.45) is 0 Å². The van der Waals surface area contributed by atoms with E-state index in [9.17, 15) is 4.79 Å². The van der Waals surface area contributed by atoms with Crippen LogP contribution in [0.15, 0.2) is 12.4 Å². The molecule has 1 N–H and O–H groups in total. The monoisotopic (exact) mass is 299 g/mol. The number of hydrogen-bond acceptors (Lipinski definition) is 5. The molecule has 0 atom stereocenters. The van der Waals surface area contributed by atoms with Gasteiger partial charge in [0, 0.05) is 31.3 Å². The molecule has 1 saturated carbocycles. The molecule has 0 aliphatic heterocycles. The number of aromatic nitrogens is 2. The highest BCUT2D eigenvalue weighted by Crippen LogP contribution is 2.28. The quantitative estimate of drug-likeness (QED) is 0.928. The second-order valence-corrected chi connectivity index (χ2v) is 6.06. The van der Waals surface area contributed by atoms with Crippen molar-refractivity contribution in [3.63, 3.8) is 0 Å². The number of hydrogen-bond donors (Lipinski definition) is 1. The molecule has 0 aromatic carbocycles. The Morgan fingerprint density at radius 3 is 2.60 bits per heavy atom. The average Bonchev–Trinajstić information content (AvgIpc) is 2.26. The summed E-state index contributed by atoms with van der Waals surface area (Å²) in [6.45, 7) is 5.49. The molecule has 0 spiro atoms. The van der Waals surface area contributed by atoms with Crippen molar-refractivity contribution in [2.45, 2.75) is 51.4 Å². The van der Waals surface area contributed by atoms with E-state index < -0.39 is 11.7 Å². The maximum Gasteiger partial charge on any atom is 0.407 e. The molecule has 1 aliphatic carbocycles. The van der Waals surface area contributed by atoms with Crippen LogP contribution in [0.5, 0.6) is 5.88 Å². The summed E-state index contributed by atoms with van der Waals surface area (Å²) in [4.78, 5) is 19.5. The van der Waals surface area contributed by atoms with E-state index in [0.717, 1.165) is 0 Å². The zero-order valence-electron chi connectivity index (χ0n) is 11.7. The lowest BCUT2D eigenvalue weighted by atomic mass is 9.89. The van der Waals surface area contributed by atoms with E-state index >= 15 is 0 Å². The molecule has 1 aromatic rings. The number of nitrogens with zero attached hydrogens (tertiary/aromatic N) is 2. The Balaban J connectivity index is 1.73. The molecule has 2 rings (SSSR count). The molecular weight excluding hydrogens is 282 g/mol. The average molecular weight is 300 g/mol. The first kappa shape index (κ1) is 14.8. The van der Waals surface area contributed by atoms with Gasteiger partial charge in [-0.3, -0.25) is 0 Å². The second-order valence-electron chi connectivity index (χ2n) is 5.71. The lowest BCUT2D eigenvalue weighted by Gasteiger charge is -2.35. The van der Waals surface area contributed by atoms with Crippen molar-refractivity contribution < 1.29 is 14.3 Å². The Kier molecular flexibility index (Phi) is 4.32. The van der Waals surface area contributed by atoms with Gasteiger partial charge in [0.2, 0.25) is 0 Å². The second kappa shape index (κ2) is 5.83. The summed E-state index contributed by atoms with van der Waals surface area (Å²) in [6, 6.07) is 0.0605. The molecule has 6 nitrogen and oxygen atoms in total. The predicted octanol–water partition coefficient (Wildman–Crippen LogP) is 2.56. The zero-order valence-corrected chi connectivity index (χ0v) is 12.5. The number of ether oxygens (including phenoxy) is 2. The molecule has 0 bridgehead atoms. The molecule has 0 radical (unpaired) electrons. The van der Waals surface area contributed by atoms with Gasteiger partial charge in [0.05, 0.1) is 0 Å². The topological polar surface area (TPSA) is 73.3 Å². The predicted molar refractivity (Wildman–Crippen MR) is 73.8 cm³/mol. The van der Waals surface area contributed by atoms with E-state index in [4.69, 9.17) is 21.1 Å². The van der Waals surface area contributed by atoms with Gasteiger partial charge >= 0.3 is 6.09 Å². The number of alkyl carbamates (subject to hydrolysis) is 1. The van der Waals surface area contributed by atoms with Crippen LogP contribution in [0.4, 0.5) is 4.79 Å². The number of rotatable bonds is 3. The van der Waals surface area contributed by atoms with Crippen LogP contribution in [-0.2, 0) is 4.74 Å². The third-order valence-electron chi connectivity index (χ3n) is 2.72. The molecule has 20 heavy (non-hydrogen) atoms. The molecule has 0 saturated heterocycles. The largest absolute Gasteiger partial charge is 0.472 e. The Morgan fingerprint density at radius 1 is 1.35 bits per heavy atom. The zero-order chi connectivity index (χ0) is 14.8. The van der Waals surface area contributed by atoms with E-state index in [1.54, 1.807) is 0 Å². The van der Waals surface area contributed by atoms with Crippen LogP contribution in [0.2, 0.25) is 5.15 Å². The van der Waals surface area contributed by atoms with Crippen molar-refractivity contribution in [2.75, 3.05) is 0 Å². The van der Waals surface area contributed by atoms with E-state index in [0.29, 0.717) is 18.7 Å². The molecule has 1 heterocycles. The summed E-state index contributed by atoms with van der Waals surface area (Å²) >= 11 is 5.85. The van der Waals surface area contributed by atoms with E-state index in [1.165, 1.54) is 12.4 Å². The van der Waals surface area contributed by atoms with Gasteiger partial charge in [0.25, 0.3) is 5.88 Å². The fourth-order valence-corrected chi connectivity index (χ4v) is 1.95. The molecule has 1 aliphatic rings. The van der Waals surface area contributed by atoms with Crippen LogP contribution in [-0.4, -0.2) is 33.8 Å². The minimum absolute atomic E-state index is 0.0101. The first-order chi connectivity index (χ1) is 9.33. The van der Waals surface area contributed by atoms with E-state index in [1.807, 2.05) is 20.8 Å². The molecule has 110 valence electrons. The SMILES string of the molecule is CC(C)(C)OC(=O)NC1CC(Oc2nccnc2Cl)C1. The summed E-state index contributed by atoms with van der Waals surface area (Å²) in [5.74, 6) is 0.329. The number of halogens is 1. The Labute approximate surface area is 122 Å². The van der Waals surface area contributed by atoms with Crippen molar-refractivity contribution in [1.82, 2.24) is 15.3 Å². The molecule has 1 amide bonds. The normalized spacial score (nSPS) is 21.8. The fourth-order valence-electron chi connectivity index (χ4n) is 1.80. The number of nitrogens with one attached hydrogen (secondary N) is 1. The lowest BCUT2D eigenvalue weighted by molar-refractivity contribution is 0.0354. The standard InChI is InChI=1S/C13H18ClN3O3/c1-13(2,3)20-12(18)17-8-6-9(7-8)19-11-10(14)15-4-5-16-11/h4-5,8-9H,6-7H2,1-3H3,(H,17,18). The van der Waals surface area contributed by atoms with Crippen LogP contribution < -0.4 is 10.1 Å². The smallest absolute Gasteiger partial charge is 0.407 e. The van der Waals surface area contributed by atoms with Crippen molar-refractivity contribution in [3.8, 4) is 5.88 Å². The summed E-state index contributed by atoms with van der Waals surface area (Å²) in [5, 5.41) is 3.04. The third-order valence-corrected chi connectivity index (χ3v) is 2.98. The molecular formula is C13H18ClN3O3. The van der Waals surface area contributed by atoms with Crippen molar-refractivity contribution >= 4 is 17.7 Å². The van der Waals surface area contributed by atoms with Crippen LogP contribution in [0.1, 0.15) is 33.6 Å². The summed E-state index contributed by atoms with van der Waals surface area (Å²) in [7, 11) is 0. The minimum atomic E-state index is -0.489. The van der Waals surface area contributed by atoms with E-state index in [2.05, 4.69) is 15.3 Å². The third kappa shape index (κ3) is 4.23. The highest BCUT2D eigenvalue weighted by Gasteiger charge is 2.33. The van der Waals surface area contributed by atoms with Crippen LogP contribution in [0, 0.1) is 0 Å². The fraction of sp³-hybridized carbons (Fsp3) is 0.615. The Morgan fingerprint density at radius 2 is 2.00 bits per heavy atom. The van der Waals surface area contributed by atoms with Gasteiger partial charge in [0.15, 0.2) is 5.15 Å². The van der Waals surface area contributed by atoms with Crippen LogP contribution in [0.3, 0.4) is 0 Å². The highest BCUT2D eigenvalue weighted by atomic mass is 35.5. The summed E-state index contributed by atoms with van der Waals surface area (Å²) in [5.41, 5.74) is -0.489. The van der Waals surface area contributed by atoms with Gasteiger partial charge < -0.3 is 14.8 Å². The number of carbonyl (C=O) groups excluding carboxylic acids is 1. The van der Waals surface area contributed by atoms with Crippen molar-refractivity contribution in [1.29, 1.82) is 0 Å². The van der Waals surface area contributed by atoms with Gasteiger partial charge in [-0.1, -0.05) is 11.6 Å². The molecule has 1 aromatic heterocycles. The molecule has 0 unspecified atom stereocenters. The Hall–Kier alpha value is -1.56. The van der Waals surface area contributed by atoms with Gasteiger partial charge in [-0.2, -0.15) is 0 Å². The number of carbonyl (C=O) groups is 1. The van der Waals surface area contributed by atoms with Crippen molar-refractivity contribution in [3.05, 3.63) is 17.5 Å². The molecule has 7 heteroatoms. The highest BCUT2D eigenvalue weighted by molar-refractivity contribution is 6.30. The minimum Gasteiger partial charge on any atom is -0.472 e. The van der Waals surface area contributed by atoms with Gasteiger partial charge in [-0.05, 0) is 20.8 Å². The van der Waals surface area contributed by atoms with Crippen LogP contribution in [0.25, 0.3) is 0 Å². The van der Waals surface area contributed by atoms with Crippen LogP contribution >= 0.6 is 11.6 Å². The number of amides is 1. The first-order valence-electron chi connectivity index (χ1n) is 6.46. The Bertz CT molecular complexity index is 484. The first-order valence-corrected chi connectivity index (χ1v) is 6.84. The maximum atomic E-state index is 11.6.